The zero-order valence-corrected chi connectivity index (χ0v) is 21.3. The van der Waals surface area contributed by atoms with E-state index in [0.717, 1.165) is 17.8 Å². The number of nitro benzene ring substituents is 1. The van der Waals surface area contributed by atoms with E-state index in [4.69, 9.17) is 15.8 Å². The largest absolute Gasteiger partial charge is 0.378 e. The first-order valence-electron chi connectivity index (χ1n) is 9.64. The normalized spacial score (nSPS) is 15.9. The van der Waals surface area contributed by atoms with Gasteiger partial charge in [0, 0.05) is 27.2 Å². The van der Waals surface area contributed by atoms with Crippen molar-refractivity contribution in [1.82, 2.24) is 5.32 Å². The first-order chi connectivity index (χ1) is 16.6. The predicted molar refractivity (Wildman–Crippen MR) is 137 cm³/mol. The van der Waals surface area contributed by atoms with Gasteiger partial charge in [0.15, 0.2) is 5.17 Å². The van der Waals surface area contributed by atoms with E-state index < -0.39 is 20.9 Å². The maximum absolute atomic E-state index is 12.8. The van der Waals surface area contributed by atoms with Crippen molar-refractivity contribution in [1.29, 1.82) is 0 Å². The molecule has 1 saturated heterocycles. The summed E-state index contributed by atoms with van der Waals surface area (Å²) in [5.74, 6) is -0.487. The number of hydrogen-bond donors (Lipinski definition) is 1. The summed E-state index contributed by atoms with van der Waals surface area (Å²) in [5.41, 5.74) is 0.492. The molecule has 0 bridgehead atoms. The Labute approximate surface area is 217 Å². The number of non-ortho nitro benzene ring substituents is 1. The number of thioether (sulfide) groups is 1. The number of carbonyl (C=O) groups is 1. The molecule has 1 aliphatic heterocycles. The zero-order chi connectivity index (χ0) is 25.2. The monoisotopic (exact) mass is 593 g/mol. The Kier molecular flexibility index (Phi) is 7.26. The van der Waals surface area contributed by atoms with E-state index in [1.165, 1.54) is 30.3 Å². The van der Waals surface area contributed by atoms with Gasteiger partial charge in [0.2, 0.25) is 0 Å². The van der Waals surface area contributed by atoms with Gasteiger partial charge in [0.25, 0.3) is 11.6 Å². The van der Waals surface area contributed by atoms with E-state index in [2.05, 4.69) is 26.2 Å². The van der Waals surface area contributed by atoms with Crippen LogP contribution in [0.3, 0.4) is 0 Å². The number of halogens is 2. The number of nitrogens with zero attached hydrogens (tertiary/aromatic N) is 2. The Bertz CT molecular complexity index is 1510. The van der Waals surface area contributed by atoms with Crippen LogP contribution in [0.1, 0.15) is 5.56 Å². The highest BCUT2D eigenvalue weighted by molar-refractivity contribution is 9.10. The number of aliphatic imine (C=N–C) groups is 1. The van der Waals surface area contributed by atoms with E-state index in [1.807, 2.05) is 0 Å². The summed E-state index contributed by atoms with van der Waals surface area (Å²) in [4.78, 5) is 27.1. The molecule has 0 atom stereocenters. The lowest BCUT2D eigenvalue weighted by Gasteiger charge is -2.10. The van der Waals surface area contributed by atoms with Gasteiger partial charge in [-0.3, -0.25) is 14.9 Å². The van der Waals surface area contributed by atoms with Gasteiger partial charge in [0.1, 0.15) is 10.6 Å². The van der Waals surface area contributed by atoms with E-state index in [0.29, 0.717) is 25.9 Å². The van der Waals surface area contributed by atoms with E-state index in [1.54, 1.807) is 36.4 Å². The molecule has 9 nitrogen and oxygen atoms in total. The van der Waals surface area contributed by atoms with Crippen molar-refractivity contribution < 1.29 is 22.3 Å². The minimum Gasteiger partial charge on any atom is -0.378 e. The second-order valence-electron chi connectivity index (χ2n) is 6.93. The number of nitro groups is 1. The third-order valence-electron chi connectivity index (χ3n) is 4.48. The maximum atomic E-state index is 12.8. The summed E-state index contributed by atoms with van der Waals surface area (Å²) < 4.78 is 31.5. The fourth-order valence-corrected chi connectivity index (χ4v) is 5.21. The number of carbonyl (C=O) groups excluding carboxylic acids is 1. The molecule has 35 heavy (non-hydrogen) atoms. The highest BCUT2D eigenvalue weighted by Gasteiger charge is 2.26. The summed E-state index contributed by atoms with van der Waals surface area (Å²) in [5, 5.41) is 14.6. The van der Waals surface area contributed by atoms with Crippen molar-refractivity contribution in [3.8, 4) is 5.75 Å². The van der Waals surface area contributed by atoms with Crippen LogP contribution in [0.25, 0.3) is 6.08 Å². The molecule has 1 fully saturated rings. The topological polar surface area (TPSA) is 128 Å². The molecule has 1 N–H and O–H groups in total. The molecular weight excluding hydrogens is 582 g/mol. The molecule has 13 heteroatoms. The Morgan fingerprint density at radius 1 is 1.11 bits per heavy atom. The van der Waals surface area contributed by atoms with Crippen LogP contribution in [0.5, 0.6) is 5.75 Å². The lowest BCUT2D eigenvalue weighted by atomic mass is 10.2. The fraction of sp³-hybridized carbons (Fsp3) is 0. The average molecular weight is 595 g/mol. The molecule has 178 valence electrons. The summed E-state index contributed by atoms with van der Waals surface area (Å²) in [6.45, 7) is 0. The molecule has 4 rings (SSSR count). The van der Waals surface area contributed by atoms with Crippen molar-refractivity contribution >= 4 is 77.9 Å². The molecule has 0 saturated carbocycles. The van der Waals surface area contributed by atoms with Crippen molar-refractivity contribution in [2.45, 2.75) is 4.90 Å². The molecule has 1 aliphatic rings. The maximum Gasteiger partial charge on any atom is 0.339 e. The van der Waals surface area contributed by atoms with Crippen LogP contribution >= 0.6 is 39.3 Å². The van der Waals surface area contributed by atoms with Gasteiger partial charge in [-0.15, -0.1) is 0 Å². The molecule has 0 aliphatic carbocycles. The molecular formula is C22H13BrClN3O6S2. The first-order valence-corrected chi connectivity index (χ1v) is 13.0. The third kappa shape index (κ3) is 6.09. The summed E-state index contributed by atoms with van der Waals surface area (Å²) in [6.07, 6.45) is 1.47. The highest BCUT2D eigenvalue weighted by atomic mass is 79.9. The van der Waals surface area contributed by atoms with Gasteiger partial charge in [-0.05, 0) is 66.4 Å². The number of benzene rings is 3. The number of hydrogen-bond acceptors (Lipinski definition) is 8. The number of amidine groups is 1. The lowest BCUT2D eigenvalue weighted by molar-refractivity contribution is -0.385. The van der Waals surface area contributed by atoms with Crippen LogP contribution in [-0.4, -0.2) is 24.4 Å². The third-order valence-corrected chi connectivity index (χ3v) is 7.37. The van der Waals surface area contributed by atoms with Crippen molar-refractivity contribution in [3.05, 3.63) is 96.8 Å². The minimum atomic E-state index is -4.40. The Balaban J connectivity index is 1.64. The van der Waals surface area contributed by atoms with Crippen LogP contribution in [0, 0.1) is 10.1 Å². The molecule has 3 aromatic rings. The quantitative estimate of drug-likeness (QED) is 0.169. The van der Waals surface area contributed by atoms with Crippen LogP contribution in [0.15, 0.2) is 86.0 Å². The molecule has 0 spiro atoms. The molecule has 1 heterocycles. The SMILES string of the molecule is O=C1NC(=Nc2ccc(Cl)cc2)S/C1=C\c1cc(Br)ccc1OS(=O)(=O)c1cccc([N+](=O)[O-])c1. The van der Waals surface area contributed by atoms with E-state index >= 15 is 0 Å². The Hall–Kier alpha value is -3.19. The first kappa shape index (κ1) is 24.9. The molecule has 0 radical (unpaired) electrons. The summed E-state index contributed by atoms with van der Waals surface area (Å²) in [6, 6.07) is 15.8. The lowest BCUT2D eigenvalue weighted by Crippen LogP contribution is -2.19. The van der Waals surface area contributed by atoms with Gasteiger partial charge >= 0.3 is 10.1 Å². The van der Waals surface area contributed by atoms with E-state index in [9.17, 15) is 23.3 Å². The summed E-state index contributed by atoms with van der Waals surface area (Å²) >= 11 is 10.3. The van der Waals surface area contributed by atoms with Crippen LogP contribution < -0.4 is 9.50 Å². The van der Waals surface area contributed by atoms with Gasteiger partial charge in [0.05, 0.1) is 15.5 Å². The van der Waals surface area contributed by atoms with E-state index in [-0.39, 0.29) is 21.2 Å². The molecule has 3 aromatic carbocycles. The molecule has 0 unspecified atom stereocenters. The second kappa shape index (κ2) is 10.2. The van der Waals surface area contributed by atoms with Gasteiger partial charge < -0.3 is 9.50 Å². The number of rotatable bonds is 6. The van der Waals surface area contributed by atoms with Crippen LogP contribution in [0.4, 0.5) is 11.4 Å². The smallest absolute Gasteiger partial charge is 0.339 e. The average Bonchev–Trinajstić information content (AvgIpc) is 3.15. The fourth-order valence-electron chi connectivity index (χ4n) is 2.88. The number of nitrogens with one attached hydrogen (secondary N) is 1. The Morgan fingerprint density at radius 2 is 1.86 bits per heavy atom. The van der Waals surface area contributed by atoms with Crippen molar-refractivity contribution in [2.75, 3.05) is 0 Å². The standard InChI is InChI=1S/C22H13BrClN3O6S2/c23-14-4-9-19(33-35(31,32)18-3-1-2-17(12-18)27(29)30)13(10-14)11-20-21(28)26-22(34-20)25-16-7-5-15(24)6-8-16/h1-12H,(H,25,26,28)/b20-11-. The van der Waals surface area contributed by atoms with Gasteiger partial charge in [-0.1, -0.05) is 33.6 Å². The van der Waals surface area contributed by atoms with Crippen LogP contribution in [0.2, 0.25) is 5.02 Å². The van der Waals surface area contributed by atoms with Crippen molar-refractivity contribution in [3.63, 3.8) is 0 Å². The van der Waals surface area contributed by atoms with Crippen LogP contribution in [-0.2, 0) is 14.9 Å². The summed E-state index contributed by atoms with van der Waals surface area (Å²) in [7, 11) is -4.40. The van der Waals surface area contributed by atoms with Gasteiger partial charge in [-0.2, -0.15) is 8.42 Å². The predicted octanol–water partition coefficient (Wildman–Crippen LogP) is 5.67. The second-order valence-corrected chi connectivity index (χ2v) is 10.9. The number of amides is 1. The molecule has 0 aromatic heterocycles. The minimum absolute atomic E-state index is 0.0660. The molecule has 1 amide bonds. The van der Waals surface area contributed by atoms with Crippen molar-refractivity contribution in [2.24, 2.45) is 4.99 Å². The highest BCUT2D eigenvalue weighted by Crippen LogP contribution is 2.33. The Morgan fingerprint density at radius 3 is 2.57 bits per heavy atom. The zero-order valence-electron chi connectivity index (χ0n) is 17.3. The van der Waals surface area contributed by atoms with Gasteiger partial charge in [-0.25, -0.2) is 4.99 Å².